The largest absolute Gasteiger partial charge is 0.366 e. The van der Waals surface area contributed by atoms with E-state index in [0.29, 0.717) is 0 Å². The molecule has 0 saturated heterocycles. The molecule has 0 unspecified atom stereocenters. The number of hydrogen-bond acceptors (Lipinski definition) is 3. The number of primary amides is 1. The zero-order valence-electron chi connectivity index (χ0n) is 10.5. The maximum atomic E-state index is 12.8. The van der Waals surface area contributed by atoms with Gasteiger partial charge in [-0.05, 0) is 42.5 Å². The van der Waals surface area contributed by atoms with Gasteiger partial charge in [-0.2, -0.15) is 0 Å². The summed E-state index contributed by atoms with van der Waals surface area (Å²) in [6.07, 6.45) is 0. The van der Waals surface area contributed by atoms with Crippen molar-refractivity contribution >= 4 is 33.2 Å². The second-order valence-corrected chi connectivity index (χ2v) is 6.23. The van der Waals surface area contributed by atoms with Crippen LogP contribution in [0.3, 0.4) is 0 Å². The Labute approximate surface area is 125 Å². The monoisotopic (exact) mass is 328 g/mol. The summed E-state index contributed by atoms with van der Waals surface area (Å²) >= 11 is 5.74. The van der Waals surface area contributed by atoms with Gasteiger partial charge < -0.3 is 5.73 Å². The number of sulfonamides is 1. The summed E-state index contributed by atoms with van der Waals surface area (Å²) in [6.45, 7) is 0. The Hall–Kier alpha value is -2.12. The van der Waals surface area contributed by atoms with Gasteiger partial charge in [0.25, 0.3) is 15.9 Å². The van der Waals surface area contributed by atoms with Gasteiger partial charge in [0.2, 0.25) is 0 Å². The smallest absolute Gasteiger partial charge is 0.261 e. The Balaban J connectivity index is 2.41. The molecule has 1 amide bonds. The van der Waals surface area contributed by atoms with Crippen molar-refractivity contribution < 1.29 is 17.6 Å². The molecule has 0 radical (unpaired) electrons. The van der Waals surface area contributed by atoms with Crippen molar-refractivity contribution in [1.29, 1.82) is 0 Å². The van der Waals surface area contributed by atoms with Gasteiger partial charge in [-0.1, -0.05) is 11.6 Å². The second kappa shape index (κ2) is 5.71. The maximum absolute atomic E-state index is 12.8. The highest BCUT2D eigenvalue weighted by Crippen LogP contribution is 2.23. The molecule has 0 fully saturated rings. The van der Waals surface area contributed by atoms with Gasteiger partial charge in [0, 0.05) is 5.02 Å². The molecule has 5 nitrogen and oxygen atoms in total. The molecule has 2 aromatic rings. The normalized spacial score (nSPS) is 11.1. The first-order chi connectivity index (χ1) is 9.79. The van der Waals surface area contributed by atoms with E-state index in [9.17, 15) is 17.6 Å². The molecule has 3 N–H and O–H groups in total. The summed E-state index contributed by atoms with van der Waals surface area (Å²) < 4.78 is 39.4. The third kappa shape index (κ3) is 3.50. The molecule has 0 aliphatic heterocycles. The number of carbonyl (C=O) groups is 1. The van der Waals surface area contributed by atoms with E-state index in [0.717, 1.165) is 24.3 Å². The fourth-order valence-corrected chi connectivity index (χ4v) is 2.88. The Kier molecular flexibility index (Phi) is 4.15. The molecule has 21 heavy (non-hydrogen) atoms. The molecule has 0 spiro atoms. The number of nitrogens with one attached hydrogen (secondary N) is 1. The minimum absolute atomic E-state index is 0.00350. The number of hydrogen-bond donors (Lipinski definition) is 2. The highest BCUT2D eigenvalue weighted by Gasteiger charge is 2.18. The van der Waals surface area contributed by atoms with Crippen LogP contribution in [0.2, 0.25) is 5.02 Å². The third-order valence-corrected chi connectivity index (χ3v) is 4.23. The van der Waals surface area contributed by atoms with E-state index < -0.39 is 21.7 Å². The van der Waals surface area contributed by atoms with E-state index in [1.54, 1.807) is 0 Å². The zero-order valence-corrected chi connectivity index (χ0v) is 12.1. The van der Waals surface area contributed by atoms with Crippen LogP contribution in [0.1, 0.15) is 10.4 Å². The van der Waals surface area contributed by atoms with Crippen LogP contribution in [0.15, 0.2) is 47.4 Å². The summed E-state index contributed by atoms with van der Waals surface area (Å²) in [5.41, 5.74) is 5.11. The number of carbonyl (C=O) groups excluding carboxylic acids is 1. The minimum atomic E-state index is -3.97. The molecule has 8 heteroatoms. The average molecular weight is 329 g/mol. The van der Waals surface area contributed by atoms with Crippen LogP contribution in [0.5, 0.6) is 0 Å². The molecule has 0 aliphatic carbocycles. The topological polar surface area (TPSA) is 89.3 Å². The highest BCUT2D eigenvalue weighted by atomic mass is 35.5. The summed E-state index contributed by atoms with van der Waals surface area (Å²) in [4.78, 5) is 11.2. The van der Waals surface area contributed by atoms with Crippen molar-refractivity contribution in [2.45, 2.75) is 4.90 Å². The number of benzene rings is 2. The summed E-state index contributed by atoms with van der Waals surface area (Å²) in [7, 11) is -3.97. The molecule has 0 atom stereocenters. The quantitative estimate of drug-likeness (QED) is 0.903. The van der Waals surface area contributed by atoms with Crippen LogP contribution in [-0.4, -0.2) is 14.3 Å². The number of anilines is 1. The van der Waals surface area contributed by atoms with Gasteiger partial charge >= 0.3 is 0 Å². The Morgan fingerprint density at radius 2 is 1.76 bits per heavy atom. The van der Waals surface area contributed by atoms with Gasteiger partial charge in [0.1, 0.15) is 5.82 Å². The van der Waals surface area contributed by atoms with Crippen molar-refractivity contribution in [1.82, 2.24) is 0 Å². The first kappa shape index (κ1) is 15.3. The number of amides is 1. The van der Waals surface area contributed by atoms with E-state index in [-0.39, 0.29) is 21.2 Å². The lowest BCUT2D eigenvalue weighted by molar-refractivity contribution is 0.100. The summed E-state index contributed by atoms with van der Waals surface area (Å²) in [5.74, 6) is -1.38. The zero-order chi connectivity index (χ0) is 15.6. The number of nitrogens with two attached hydrogens (primary N) is 1. The Morgan fingerprint density at radius 3 is 2.33 bits per heavy atom. The second-order valence-electron chi connectivity index (χ2n) is 4.11. The molecular weight excluding hydrogens is 319 g/mol. The number of halogens is 2. The van der Waals surface area contributed by atoms with Gasteiger partial charge in [0.05, 0.1) is 16.1 Å². The first-order valence-electron chi connectivity index (χ1n) is 5.67. The van der Waals surface area contributed by atoms with Crippen LogP contribution in [0.4, 0.5) is 10.1 Å². The van der Waals surface area contributed by atoms with Crippen LogP contribution < -0.4 is 10.5 Å². The van der Waals surface area contributed by atoms with E-state index in [2.05, 4.69) is 4.72 Å². The molecular formula is C13H10ClFN2O3S. The van der Waals surface area contributed by atoms with Crippen molar-refractivity contribution in [2.75, 3.05) is 4.72 Å². The molecule has 2 rings (SSSR count). The lowest BCUT2D eigenvalue weighted by atomic mass is 10.2. The van der Waals surface area contributed by atoms with E-state index in [1.165, 1.54) is 18.2 Å². The van der Waals surface area contributed by atoms with Crippen LogP contribution in [0.25, 0.3) is 0 Å². The fraction of sp³-hybridized carbons (Fsp3) is 0. The number of rotatable bonds is 4. The average Bonchev–Trinajstić information content (AvgIpc) is 2.41. The Bertz CT molecular complexity index is 792. The predicted molar refractivity (Wildman–Crippen MR) is 77.2 cm³/mol. The van der Waals surface area contributed by atoms with Crippen molar-refractivity contribution in [2.24, 2.45) is 5.73 Å². The molecule has 0 heterocycles. The van der Waals surface area contributed by atoms with Gasteiger partial charge in [-0.3, -0.25) is 9.52 Å². The van der Waals surface area contributed by atoms with Crippen LogP contribution in [0, 0.1) is 5.82 Å². The SMILES string of the molecule is NC(=O)c1cc(Cl)ccc1NS(=O)(=O)c1ccc(F)cc1. The molecule has 0 aromatic heterocycles. The minimum Gasteiger partial charge on any atom is -0.366 e. The van der Waals surface area contributed by atoms with E-state index in [1.807, 2.05) is 0 Å². The molecule has 110 valence electrons. The van der Waals surface area contributed by atoms with Gasteiger partial charge in [-0.15, -0.1) is 0 Å². The molecule has 2 aromatic carbocycles. The van der Waals surface area contributed by atoms with Crippen molar-refractivity contribution in [3.05, 3.63) is 58.9 Å². The van der Waals surface area contributed by atoms with Crippen molar-refractivity contribution in [3.63, 3.8) is 0 Å². The fourth-order valence-electron chi connectivity index (χ4n) is 1.63. The van der Waals surface area contributed by atoms with Crippen LogP contribution in [-0.2, 0) is 10.0 Å². The van der Waals surface area contributed by atoms with Crippen LogP contribution >= 0.6 is 11.6 Å². The maximum Gasteiger partial charge on any atom is 0.261 e. The van der Waals surface area contributed by atoms with E-state index in [4.69, 9.17) is 17.3 Å². The standard InChI is InChI=1S/C13H10ClFN2O3S/c14-8-1-6-12(11(7-8)13(16)18)17-21(19,20)10-4-2-9(15)3-5-10/h1-7,17H,(H2,16,18). The lowest BCUT2D eigenvalue weighted by Crippen LogP contribution is -2.18. The van der Waals surface area contributed by atoms with Crippen molar-refractivity contribution in [3.8, 4) is 0 Å². The lowest BCUT2D eigenvalue weighted by Gasteiger charge is -2.11. The molecule has 0 saturated carbocycles. The van der Waals surface area contributed by atoms with E-state index >= 15 is 0 Å². The first-order valence-corrected chi connectivity index (χ1v) is 7.53. The van der Waals surface area contributed by atoms with Gasteiger partial charge in [0.15, 0.2) is 0 Å². The Morgan fingerprint density at radius 1 is 1.14 bits per heavy atom. The summed E-state index contributed by atoms with van der Waals surface area (Å²) in [5, 5.41) is 0.244. The highest BCUT2D eigenvalue weighted by molar-refractivity contribution is 7.92. The summed E-state index contributed by atoms with van der Waals surface area (Å²) in [6, 6.07) is 8.25. The predicted octanol–water partition coefficient (Wildman–Crippen LogP) is 2.38. The third-order valence-electron chi connectivity index (χ3n) is 2.62. The molecule has 0 bridgehead atoms. The van der Waals surface area contributed by atoms with Gasteiger partial charge in [-0.25, -0.2) is 12.8 Å². The molecule has 0 aliphatic rings.